The number of nitrogens with one attached hydrogen (secondary N) is 2. The Kier molecular flexibility index (Phi) is 11.7. The normalized spacial score (nSPS) is 20.5. The first-order valence-electron chi connectivity index (χ1n) is 13.9. The molecule has 0 radical (unpaired) electrons. The number of amides is 2. The number of carbonyl (C=O) groups is 2. The van der Waals surface area contributed by atoms with E-state index in [-0.39, 0.29) is 36.5 Å². The molecular formula is C30H38N4O5S2. The van der Waals surface area contributed by atoms with Crippen molar-refractivity contribution in [3.63, 3.8) is 0 Å². The van der Waals surface area contributed by atoms with Gasteiger partial charge in [-0.3, -0.25) is 9.59 Å². The molecule has 4 rings (SSSR count). The first-order valence-corrected chi connectivity index (χ1v) is 15.7. The number of anilines is 1. The summed E-state index contributed by atoms with van der Waals surface area (Å²) in [7, 11) is 0. The van der Waals surface area contributed by atoms with Crippen molar-refractivity contribution in [2.75, 3.05) is 17.6 Å². The molecule has 1 aliphatic rings. The number of hydrogen-bond donors (Lipinski definition) is 3. The highest BCUT2D eigenvalue weighted by molar-refractivity contribution is 8.01. The number of benzene rings is 2. The van der Waals surface area contributed by atoms with E-state index in [4.69, 9.17) is 9.47 Å². The second kappa shape index (κ2) is 15.4. The molecule has 0 spiro atoms. The molecule has 4 atom stereocenters. The summed E-state index contributed by atoms with van der Waals surface area (Å²) in [6.07, 6.45) is 2.05. The zero-order chi connectivity index (χ0) is 29.2. The van der Waals surface area contributed by atoms with Crippen LogP contribution in [0.15, 0.2) is 52.9 Å². The van der Waals surface area contributed by atoms with E-state index in [2.05, 4.69) is 27.8 Å². The topological polar surface area (TPSA) is 123 Å². The van der Waals surface area contributed by atoms with Gasteiger partial charge in [0, 0.05) is 42.8 Å². The van der Waals surface area contributed by atoms with Gasteiger partial charge in [0.2, 0.25) is 11.8 Å². The lowest BCUT2D eigenvalue weighted by Crippen LogP contribution is -2.38. The molecule has 0 aliphatic carbocycles. The molecule has 2 heterocycles. The van der Waals surface area contributed by atoms with Crippen LogP contribution in [0, 0.1) is 12.8 Å². The lowest BCUT2D eigenvalue weighted by molar-refractivity contribution is -0.268. The summed E-state index contributed by atoms with van der Waals surface area (Å²) in [6.45, 7) is 6.21. The Balaban J connectivity index is 1.39. The predicted octanol–water partition coefficient (Wildman–Crippen LogP) is 5.56. The van der Waals surface area contributed by atoms with Gasteiger partial charge in [-0.15, -0.1) is 10.2 Å². The van der Waals surface area contributed by atoms with E-state index in [1.165, 1.54) is 6.92 Å². The number of unbranched alkanes of at least 4 members (excludes halogenated alkanes) is 2. The summed E-state index contributed by atoms with van der Waals surface area (Å²) in [6, 6.07) is 15.4. The molecule has 3 N–H and O–H groups in total. The van der Waals surface area contributed by atoms with Gasteiger partial charge in [0.1, 0.15) is 5.01 Å². The van der Waals surface area contributed by atoms with Crippen molar-refractivity contribution in [2.24, 2.45) is 5.92 Å². The van der Waals surface area contributed by atoms with Crippen molar-refractivity contribution in [3.8, 4) is 0 Å². The summed E-state index contributed by atoms with van der Waals surface area (Å²) in [5, 5.41) is 24.5. The standard InChI is InChI=1S/C30H38N4O5S2/c1-19-26(18-40-30-34-33-21(3)41-30)38-29(39-28(19)23-10-8-22(17-35)9-11-23)24-12-14-25(15-13-24)32-27(37)7-5-4-6-16-31-20(2)36/h8-15,19,26,28-29,35H,4-7,16-18H2,1-3H3,(H,31,36)(H,32,37)/t19-,26+,28+,29+/m1/s1. The van der Waals surface area contributed by atoms with E-state index in [1.54, 1.807) is 23.1 Å². The van der Waals surface area contributed by atoms with Crippen molar-refractivity contribution in [1.29, 1.82) is 0 Å². The predicted molar refractivity (Wildman–Crippen MR) is 161 cm³/mol. The molecule has 41 heavy (non-hydrogen) atoms. The molecule has 0 unspecified atom stereocenters. The fraction of sp³-hybridized carbons (Fsp3) is 0.467. The molecule has 9 nitrogen and oxygen atoms in total. The van der Waals surface area contributed by atoms with Gasteiger partial charge < -0.3 is 25.2 Å². The van der Waals surface area contributed by atoms with E-state index >= 15 is 0 Å². The summed E-state index contributed by atoms with van der Waals surface area (Å²) in [5.74, 6) is 0.714. The van der Waals surface area contributed by atoms with E-state index < -0.39 is 6.29 Å². The summed E-state index contributed by atoms with van der Waals surface area (Å²) in [5.41, 5.74) is 3.47. The minimum Gasteiger partial charge on any atom is -0.392 e. The van der Waals surface area contributed by atoms with Crippen molar-refractivity contribution in [1.82, 2.24) is 15.5 Å². The highest BCUT2D eigenvalue weighted by Gasteiger charge is 2.38. The van der Waals surface area contributed by atoms with E-state index in [9.17, 15) is 14.7 Å². The van der Waals surface area contributed by atoms with Crippen LogP contribution in [0.1, 0.15) is 73.6 Å². The Morgan fingerprint density at radius 1 is 1.00 bits per heavy atom. The Labute approximate surface area is 249 Å². The minimum absolute atomic E-state index is 0.00485. The van der Waals surface area contributed by atoms with Gasteiger partial charge in [0.15, 0.2) is 10.6 Å². The molecule has 1 fully saturated rings. The maximum absolute atomic E-state index is 12.4. The van der Waals surface area contributed by atoms with E-state index in [0.29, 0.717) is 18.7 Å². The van der Waals surface area contributed by atoms with Gasteiger partial charge in [-0.2, -0.15) is 0 Å². The van der Waals surface area contributed by atoms with Crippen molar-refractivity contribution >= 4 is 40.6 Å². The van der Waals surface area contributed by atoms with Gasteiger partial charge in [-0.1, -0.05) is 72.8 Å². The van der Waals surface area contributed by atoms with Crippen LogP contribution < -0.4 is 10.6 Å². The third-order valence-electron chi connectivity index (χ3n) is 6.92. The lowest BCUT2D eigenvalue weighted by atomic mass is 9.91. The second-order valence-electron chi connectivity index (χ2n) is 10.2. The van der Waals surface area contributed by atoms with E-state index in [0.717, 1.165) is 51.0 Å². The Morgan fingerprint density at radius 2 is 1.73 bits per heavy atom. The molecule has 2 amide bonds. The van der Waals surface area contributed by atoms with Crippen LogP contribution in [0.2, 0.25) is 0 Å². The number of carbonyl (C=O) groups excluding carboxylic acids is 2. The summed E-state index contributed by atoms with van der Waals surface area (Å²) < 4.78 is 13.9. The van der Waals surface area contributed by atoms with Crippen molar-refractivity contribution in [3.05, 3.63) is 70.2 Å². The number of thioether (sulfide) groups is 1. The highest BCUT2D eigenvalue weighted by Crippen LogP contribution is 2.43. The minimum atomic E-state index is -0.580. The number of ether oxygens (including phenoxy) is 2. The molecule has 3 aromatic rings. The molecule has 0 saturated carbocycles. The Morgan fingerprint density at radius 3 is 2.39 bits per heavy atom. The summed E-state index contributed by atoms with van der Waals surface area (Å²) in [4.78, 5) is 23.3. The SMILES string of the molecule is CC(=O)NCCCCCC(=O)Nc1ccc([C@H]2O[C@@H](CSc3nnc(C)s3)[C@@H](C)[C@@H](c3ccc(CO)cc3)O2)cc1. The van der Waals surface area contributed by atoms with Crippen LogP contribution >= 0.6 is 23.1 Å². The molecule has 11 heteroatoms. The monoisotopic (exact) mass is 598 g/mol. The van der Waals surface area contributed by atoms with Gasteiger partial charge in [-0.05, 0) is 43.0 Å². The highest BCUT2D eigenvalue weighted by atomic mass is 32.2. The van der Waals surface area contributed by atoms with Crippen LogP contribution in [-0.4, -0.2) is 45.5 Å². The molecule has 1 aromatic heterocycles. The number of hydrogen-bond acceptors (Lipinski definition) is 9. The van der Waals surface area contributed by atoms with Crippen LogP contribution in [0.4, 0.5) is 5.69 Å². The van der Waals surface area contributed by atoms with Crippen LogP contribution in [0.3, 0.4) is 0 Å². The van der Waals surface area contributed by atoms with Gasteiger partial charge >= 0.3 is 0 Å². The number of aliphatic hydroxyl groups excluding tert-OH is 1. The average molecular weight is 599 g/mol. The third-order valence-corrected chi connectivity index (χ3v) is 8.98. The zero-order valence-corrected chi connectivity index (χ0v) is 25.3. The smallest absolute Gasteiger partial charge is 0.224 e. The second-order valence-corrected chi connectivity index (χ2v) is 12.6. The Bertz CT molecular complexity index is 1270. The lowest BCUT2D eigenvalue weighted by Gasteiger charge is -2.41. The van der Waals surface area contributed by atoms with Crippen molar-refractivity contribution in [2.45, 2.75) is 75.9 Å². The number of rotatable bonds is 13. The average Bonchev–Trinajstić information content (AvgIpc) is 3.39. The quantitative estimate of drug-likeness (QED) is 0.173. The van der Waals surface area contributed by atoms with Gasteiger partial charge in [-0.25, -0.2) is 0 Å². The van der Waals surface area contributed by atoms with Gasteiger partial charge in [0.25, 0.3) is 0 Å². The van der Waals surface area contributed by atoms with Crippen molar-refractivity contribution < 1.29 is 24.2 Å². The molecule has 2 aromatic carbocycles. The zero-order valence-electron chi connectivity index (χ0n) is 23.7. The maximum Gasteiger partial charge on any atom is 0.224 e. The first-order chi connectivity index (χ1) is 19.8. The first kappa shape index (κ1) is 31.1. The van der Waals surface area contributed by atoms with Crippen LogP contribution in [0.5, 0.6) is 0 Å². The Hall–Kier alpha value is -2.83. The molecule has 0 bridgehead atoms. The number of aromatic nitrogens is 2. The number of aryl methyl sites for hydroxylation is 1. The fourth-order valence-electron chi connectivity index (χ4n) is 4.60. The molecule has 220 valence electrons. The molecular weight excluding hydrogens is 560 g/mol. The van der Waals surface area contributed by atoms with Gasteiger partial charge in [0.05, 0.1) is 18.8 Å². The third kappa shape index (κ3) is 9.34. The number of aliphatic hydroxyl groups is 1. The van der Waals surface area contributed by atoms with Crippen LogP contribution in [0.25, 0.3) is 0 Å². The van der Waals surface area contributed by atoms with Crippen LogP contribution in [-0.2, 0) is 25.7 Å². The van der Waals surface area contributed by atoms with E-state index in [1.807, 2.05) is 55.5 Å². The number of nitrogens with zero attached hydrogens (tertiary/aromatic N) is 2. The molecule has 1 saturated heterocycles. The largest absolute Gasteiger partial charge is 0.392 e. The fourth-order valence-corrected chi connectivity index (χ4v) is 6.60. The molecule has 1 aliphatic heterocycles. The summed E-state index contributed by atoms with van der Waals surface area (Å²) >= 11 is 3.21. The maximum atomic E-state index is 12.4.